The van der Waals surface area contributed by atoms with Crippen molar-refractivity contribution >= 4 is 22.6 Å². The van der Waals surface area contributed by atoms with Crippen molar-refractivity contribution in [3.05, 3.63) is 48.3 Å². The zero-order valence-corrected chi connectivity index (χ0v) is 13.1. The van der Waals surface area contributed by atoms with Crippen LogP contribution in [0.15, 0.2) is 42.7 Å². The molecule has 23 heavy (non-hydrogen) atoms. The predicted molar refractivity (Wildman–Crippen MR) is 93.0 cm³/mol. The first-order chi connectivity index (χ1) is 11.2. The van der Waals surface area contributed by atoms with E-state index in [2.05, 4.69) is 15.3 Å². The van der Waals surface area contributed by atoms with E-state index in [0.29, 0.717) is 13.0 Å². The Morgan fingerprint density at radius 1 is 1.26 bits per heavy atom. The van der Waals surface area contributed by atoms with Crippen molar-refractivity contribution in [2.75, 3.05) is 5.32 Å². The molecule has 1 amide bonds. The van der Waals surface area contributed by atoms with Crippen LogP contribution in [0.1, 0.15) is 25.3 Å². The van der Waals surface area contributed by atoms with E-state index >= 15 is 0 Å². The number of carbonyl (C=O) groups excluding carboxylic acids is 1. The third kappa shape index (κ3) is 3.24. The van der Waals surface area contributed by atoms with Gasteiger partial charge in [0, 0.05) is 36.3 Å². The van der Waals surface area contributed by atoms with Crippen LogP contribution in [0.25, 0.3) is 22.2 Å². The molecule has 0 saturated carbocycles. The van der Waals surface area contributed by atoms with Gasteiger partial charge in [-0.1, -0.05) is 31.2 Å². The first kappa shape index (κ1) is 15.2. The van der Waals surface area contributed by atoms with E-state index in [4.69, 9.17) is 5.73 Å². The van der Waals surface area contributed by atoms with Crippen molar-refractivity contribution in [3.63, 3.8) is 0 Å². The molecule has 1 aromatic carbocycles. The topological polar surface area (TPSA) is 83.8 Å². The number of nitrogens with one attached hydrogen (secondary N) is 2. The van der Waals surface area contributed by atoms with E-state index in [0.717, 1.165) is 39.8 Å². The number of aromatic nitrogens is 2. The van der Waals surface area contributed by atoms with Gasteiger partial charge < -0.3 is 16.0 Å². The second-order valence-corrected chi connectivity index (χ2v) is 5.52. The average Bonchev–Trinajstić information content (AvgIpc) is 2.97. The molecule has 4 N–H and O–H groups in total. The molecule has 0 unspecified atom stereocenters. The summed E-state index contributed by atoms with van der Waals surface area (Å²) in [7, 11) is 0. The molecule has 0 aliphatic carbocycles. The van der Waals surface area contributed by atoms with Gasteiger partial charge in [0.25, 0.3) is 0 Å². The number of pyridine rings is 1. The summed E-state index contributed by atoms with van der Waals surface area (Å²) < 4.78 is 0. The summed E-state index contributed by atoms with van der Waals surface area (Å²) in [4.78, 5) is 19.4. The number of anilines is 1. The van der Waals surface area contributed by atoms with Gasteiger partial charge in [-0.15, -0.1) is 0 Å². The maximum atomic E-state index is 11.8. The van der Waals surface area contributed by atoms with Gasteiger partial charge in [-0.05, 0) is 23.6 Å². The lowest BCUT2D eigenvalue weighted by Crippen LogP contribution is -2.10. The van der Waals surface area contributed by atoms with Crippen LogP contribution in [0.2, 0.25) is 0 Å². The number of benzene rings is 1. The third-order valence-corrected chi connectivity index (χ3v) is 3.81. The van der Waals surface area contributed by atoms with E-state index in [1.165, 1.54) is 0 Å². The van der Waals surface area contributed by atoms with Crippen molar-refractivity contribution in [1.29, 1.82) is 0 Å². The Hall–Kier alpha value is -2.66. The largest absolute Gasteiger partial charge is 0.344 e. The van der Waals surface area contributed by atoms with Crippen molar-refractivity contribution in [2.24, 2.45) is 5.73 Å². The normalized spacial score (nSPS) is 10.9. The van der Waals surface area contributed by atoms with Gasteiger partial charge in [-0.3, -0.25) is 4.79 Å². The van der Waals surface area contributed by atoms with E-state index < -0.39 is 0 Å². The highest BCUT2D eigenvalue weighted by Gasteiger charge is 2.09. The highest BCUT2D eigenvalue weighted by Crippen LogP contribution is 2.27. The number of amides is 1. The Morgan fingerprint density at radius 2 is 2.04 bits per heavy atom. The zero-order valence-electron chi connectivity index (χ0n) is 13.1. The van der Waals surface area contributed by atoms with Crippen molar-refractivity contribution in [1.82, 2.24) is 9.97 Å². The summed E-state index contributed by atoms with van der Waals surface area (Å²) in [5.74, 6) is 0.0195. The maximum absolute atomic E-state index is 11.8. The molecule has 2 aromatic heterocycles. The molecular formula is C18H20N4O. The number of nitrogens with zero attached hydrogens (tertiary/aromatic N) is 1. The molecule has 0 aliphatic rings. The van der Waals surface area contributed by atoms with Gasteiger partial charge in [0.1, 0.15) is 5.65 Å². The van der Waals surface area contributed by atoms with Crippen LogP contribution in [0.5, 0.6) is 0 Å². The maximum Gasteiger partial charge on any atom is 0.224 e. The minimum absolute atomic E-state index is 0.0195. The number of rotatable bonds is 5. The van der Waals surface area contributed by atoms with Crippen LogP contribution >= 0.6 is 0 Å². The number of hydrogen-bond acceptors (Lipinski definition) is 3. The molecular weight excluding hydrogens is 288 g/mol. The number of fused-ring (bicyclic) bond motifs is 1. The van der Waals surface area contributed by atoms with Crippen molar-refractivity contribution in [2.45, 2.75) is 26.3 Å². The molecule has 0 fully saturated rings. The number of nitrogens with two attached hydrogens (primary N) is 1. The van der Waals surface area contributed by atoms with Gasteiger partial charge in [-0.2, -0.15) is 0 Å². The average molecular weight is 308 g/mol. The highest BCUT2D eigenvalue weighted by molar-refractivity contribution is 6.01. The summed E-state index contributed by atoms with van der Waals surface area (Å²) in [6.45, 7) is 2.52. The lowest BCUT2D eigenvalue weighted by atomic mass is 10.0. The molecule has 3 rings (SSSR count). The van der Waals surface area contributed by atoms with Crippen LogP contribution < -0.4 is 11.1 Å². The van der Waals surface area contributed by atoms with E-state index in [-0.39, 0.29) is 5.91 Å². The summed E-state index contributed by atoms with van der Waals surface area (Å²) >= 11 is 0. The fraction of sp³-hybridized carbons (Fsp3) is 0.222. The standard InChI is InChI=1S/C18H20N4O/c1-2-3-17(23)22-16-11-21-18-15(16)8-14(10-20-18)13-6-4-12(9-19)5-7-13/h4-8,10-11H,2-3,9,19H2,1H3,(H,20,21)(H,22,23). The summed E-state index contributed by atoms with van der Waals surface area (Å²) in [5, 5.41) is 3.85. The summed E-state index contributed by atoms with van der Waals surface area (Å²) in [6, 6.07) is 10.1. The number of carbonyl (C=O) groups is 1. The molecule has 118 valence electrons. The van der Waals surface area contributed by atoms with Crippen LogP contribution in [0.4, 0.5) is 5.69 Å². The van der Waals surface area contributed by atoms with Gasteiger partial charge >= 0.3 is 0 Å². The fourth-order valence-corrected chi connectivity index (χ4v) is 2.54. The highest BCUT2D eigenvalue weighted by atomic mass is 16.1. The second-order valence-electron chi connectivity index (χ2n) is 5.52. The molecule has 0 atom stereocenters. The first-order valence-corrected chi connectivity index (χ1v) is 7.77. The molecule has 0 saturated heterocycles. The van der Waals surface area contributed by atoms with Gasteiger partial charge in [0.05, 0.1) is 5.69 Å². The van der Waals surface area contributed by atoms with Crippen LogP contribution in [0.3, 0.4) is 0 Å². The quantitative estimate of drug-likeness (QED) is 0.675. The van der Waals surface area contributed by atoms with Crippen molar-refractivity contribution in [3.8, 4) is 11.1 Å². The smallest absolute Gasteiger partial charge is 0.224 e. The molecule has 0 radical (unpaired) electrons. The van der Waals surface area contributed by atoms with Gasteiger partial charge in [0.2, 0.25) is 5.91 Å². The van der Waals surface area contributed by atoms with Crippen LogP contribution in [-0.4, -0.2) is 15.9 Å². The third-order valence-electron chi connectivity index (χ3n) is 3.81. The van der Waals surface area contributed by atoms with E-state index in [1.807, 2.05) is 43.5 Å². The van der Waals surface area contributed by atoms with E-state index in [1.54, 1.807) is 6.20 Å². The second kappa shape index (κ2) is 6.62. The number of H-pyrrole nitrogens is 1. The van der Waals surface area contributed by atoms with E-state index in [9.17, 15) is 4.79 Å². The molecule has 2 heterocycles. The summed E-state index contributed by atoms with van der Waals surface area (Å²) in [6.07, 6.45) is 4.95. The monoisotopic (exact) mass is 308 g/mol. The molecule has 3 aromatic rings. The fourth-order valence-electron chi connectivity index (χ4n) is 2.54. The number of hydrogen-bond donors (Lipinski definition) is 3. The predicted octanol–water partition coefficient (Wildman–Crippen LogP) is 3.43. The Labute approximate surface area is 134 Å². The van der Waals surface area contributed by atoms with Crippen LogP contribution in [-0.2, 0) is 11.3 Å². The molecule has 0 bridgehead atoms. The van der Waals surface area contributed by atoms with Gasteiger partial charge in [-0.25, -0.2) is 4.98 Å². The molecule has 0 spiro atoms. The Balaban J connectivity index is 1.94. The minimum Gasteiger partial charge on any atom is -0.344 e. The Bertz CT molecular complexity index is 821. The first-order valence-electron chi connectivity index (χ1n) is 7.77. The van der Waals surface area contributed by atoms with Crippen molar-refractivity contribution < 1.29 is 4.79 Å². The Kier molecular flexibility index (Phi) is 4.39. The molecule has 5 heteroatoms. The zero-order chi connectivity index (χ0) is 16.2. The molecule has 0 aliphatic heterocycles. The SMILES string of the molecule is CCCC(=O)Nc1c[nH]c2ncc(-c3ccc(CN)cc3)cc12. The number of aromatic amines is 1. The lowest BCUT2D eigenvalue weighted by Gasteiger charge is -2.05. The lowest BCUT2D eigenvalue weighted by molar-refractivity contribution is -0.116. The molecule has 5 nitrogen and oxygen atoms in total. The summed E-state index contributed by atoms with van der Waals surface area (Å²) in [5.41, 5.74) is 10.3. The van der Waals surface area contributed by atoms with Crippen LogP contribution in [0, 0.1) is 0 Å². The van der Waals surface area contributed by atoms with Gasteiger partial charge in [0.15, 0.2) is 0 Å². The Morgan fingerprint density at radius 3 is 2.74 bits per heavy atom. The minimum atomic E-state index is 0.0195.